The second-order valence-corrected chi connectivity index (χ2v) is 14.0. The van der Waals surface area contributed by atoms with E-state index < -0.39 is 0 Å². The molecule has 0 radical (unpaired) electrons. The first kappa shape index (κ1) is 46.6. The molecule has 0 saturated heterocycles. The molecule has 0 saturated carbocycles. The summed E-state index contributed by atoms with van der Waals surface area (Å²) in [5.41, 5.74) is 1.02. The zero-order valence-electron chi connectivity index (χ0n) is 35.1. The SMILES string of the molecule is CCCCCOc1cc(/C=C\C(=O)c2c(OCCCCC)c(OCCCCC)cc(OCCCCC)c2OCCCCC)c(OCCCCC)c(OC)c1. The topological polar surface area (TPSA) is 81.7 Å². The number of hydrogen-bond acceptors (Lipinski definition) is 8. The van der Waals surface area contributed by atoms with E-state index in [2.05, 4.69) is 41.5 Å². The standard InChI is InChI=1S/C46H74O8/c1-8-14-20-28-49-38-34-37(44(40(35-38)48-7)52-31-23-17-11-4)26-27-39(47)43-45(53-32-24-18-12-5)41(50-29-21-15-9-2)36-42(51-30-22-16-10-3)46(43)54-33-25-19-13-6/h26-27,34-36H,8-25,28-33H2,1-7H3/b27-26-. The van der Waals surface area contributed by atoms with Crippen molar-refractivity contribution in [2.24, 2.45) is 0 Å². The van der Waals surface area contributed by atoms with Gasteiger partial charge in [-0.15, -0.1) is 0 Å². The van der Waals surface area contributed by atoms with Gasteiger partial charge in [-0.2, -0.15) is 0 Å². The van der Waals surface area contributed by atoms with Gasteiger partial charge in [0.2, 0.25) is 0 Å². The fraction of sp³-hybridized carbons (Fsp3) is 0.674. The Balaban J connectivity index is 2.76. The van der Waals surface area contributed by atoms with E-state index in [1.165, 1.54) is 0 Å². The lowest BCUT2D eigenvalue weighted by atomic mass is 10.0. The minimum Gasteiger partial charge on any atom is -0.493 e. The molecule has 8 heteroatoms. The van der Waals surface area contributed by atoms with Gasteiger partial charge >= 0.3 is 0 Å². The van der Waals surface area contributed by atoms with E-state index >= 15 is 0 Å². The van der Waals surface area contributed by atoms with Crippen molar-refractivity contribution in [3.8, 4) is 40.2 Å². The number of allylic oxidation sites excluding steroid dienone is 1. The van der Waals surface area contributed by atoms with Crippen molar-refractivity contribution in [1.29, 1.82) is 0 Å². The van der Waals surface area contributed by atoms with Gasteiger partial charge in [0.05, 0.1) is 46.8 Å². The Morgan fingerprint density at radius 3 is 1.26 bits per heavy atom. The largest absolute Gasteiger partial charge is 0.493 e. The van der Waals surface area contributed by atoms with Gasteiger partial charge in [-0.3, -0.25) is 4.79 Å². The predicted molar refractivity (Wildman–Crippen MR) is 223 cm³/mol. The molecular weight excluding hydrogens is 680 g/mol. The van der Waals surface area contributed by atoms with Crippen LogP contribution in [0.1, 0.15) is 173 Å². The second kappa shape index (κ2) is 29.8. The second-order valence-electron chi connectivity index (χ2n) is 14.0. The number of rotatable bonds is 34. The van der Waals surface area contributed by atoms with Gasteiger partial charge in [-0.25, -0.2) is 0 Å². The van der Waals surface area contributed by atoms with Crippen LogP contribution in [0.3, 0.4) is 0 Å². The molecule has 0 aliphatic carbocycles. The molecule has 0 N–H and O–H groups in total. The Hall–Kier alpha value is -3.55. The Morgan fingerprint density at radius 2 is 0.852 bits per heavy atom. The third kappa shape index (κ3) is 17.3. The van der Waals surface area contributed by atoms with Crippen molar-refractivity contribution < 1.29 is 38.0 Å². The molecule has 0 amide bonds. The zero-order chi connectivity index (χ0) is 39.2. The number of ketones is 1. The fourth-order valence-corrected chi connectivity index (χ4v) is 5.87. The molecule has 0 aliphatic heterocycles. The van der Waals surface area contributed by atoms with Crippen LogP contribution in [0.4, 0.5) is 0 Å². The monoisotopic (exact) mass is 755 g/mol. The molecule has 0 atom stereocenters. The number of hydrogen-bond donors (Lipinski definition) is 0. The molecule has 306 valence electrons. The first-order valence-electron chi connectivity index (χ1n) is 21.4. The molecule has 8 nitrogen and oxygen atoms in total. The van der Waals surface area contributed by atoms with Gasteiger partial charge in [-0.1, -0.05) is 119 Å². The van der Waals surface area contributed by atoms with Crippen molar-refractivity contribution in [1.82, 2.24) is 0 Å². The van der Waals surface area contributed by atoms with Gasteiger partial charge in [0, 0.05) is 17.7 Å². The smallest absolute Gasteiger partial charge is 0.193 e. The average Bonchev–Trinajstić information content (AvgIpc) is 3.18. The van der Waals surface area contributed by atoms with Crippen molar-refractivity contribution >= 4 is 11.9 Å². The summed E-state index contributed by atoms with van der Waals surface area (Å²) in [6.45, 7) is 16.1. The molecule has 2 aromatic carbocycles. The van der Waals surface area contributed by atoms with Gasteiger partial charge in [0.15, 0.2) is 40.3 Å². The Morgan fingerprint density at radius 1 is 0.463 bits per heavy atom. The summed E-state index contributed by atoms with van der Waals surface area (Å²) >= 11 is 0. The van der Waals surface area contributed by atoms with E-state index in [1.54, 1.807) is 19.3 Å². The molecule has 0 unspecified atom stereocenters. The van der Waals surface area contributed by atoms with Crippen LogP contribution in [0.25, 0.3) is 6.08 Å². The molecule has 0 spiro atoms. The van der Waals surface area contributed by atoms with Gasteiger partial charge in [0.25, 0.3) is 0 Å². The number of benzene rings is 2. The van der Waals surface area contributed by atoms with Crippen LogP contribution in [0.15, 0.2) is 24.3 Å². The highest BCUT2D eigenvalue weighted by atomic mass is 16.5. The maximum Gasteiger partial charge on any atom is 0.193 e. The molecular formula is C46H74O8. The number of carbonyl (C=O) groups is 1. The minimum atomic E-state index is -0.270. The summed E-state index contributed by atoms with van der Waals surface area (Å²) < 4.78 is 44.1. The highest BCUT2D eigenvalue weighted by Crippen LogP contribution is 2.46. The highest BCUT2D eigenvalue weighted by molar-refractivity contribution is 6.12. The van der Waals surface area contributed by atoms with Crippen LogP contribution in [-0.2, 0) is 0 Å². The minimum absolute atomic E-state index is 0.270. The summed E-state index contributed by atoms with van der Waals surface area (Å²) in [5, 5.41) is 0. The van der Waals surface area contributed by atoms with Crippen molar-refractivity contribution in [2.75, 3.05) is 46.8 Å². The molecule has 0 heterocycles. The van der Waals surface area contributed by atoms with Crippen LogP contribution in [0.2, 0.25) is 0 Å². The van der Waals surface area contributed by atoms with Crippen molar-refractivity contribution in [3.05, 3.63) is 35.4 Å². The Labute approximate surface area is 328 Å². The molecule has 0 bridgehead atoms. The number of unbranched alkanes of at least 4 members (excludes halogenated alkanes) is 12. The number of carbonyl (C=O) groups excluding carboxylic acids is 1. The lowest BCUT2D eigenvalue weighted by molar-refractivity contribution is 0.103. The predicted octanol–water partition coefficient (Wildman–Crippen LogP) is 13.0. The third-order valence-electron chi connectivity index (χ3n) is 9.11. The highest BCUT2D eigenvalue weighted by Gasteiger charge is 2.28. The fourth-order valence-electron chi connectivity index (χ4n) is 5.87. The van der Waals surface area contributed by atoms with Gasteiger partial charge in [-0.05, 0) is 56.7 Å². The summed E-state index contributed by atoms with van der Waals surface area (Å²) in [6.07, 6.45) is 21.5. The number of methoxy groups -OCH3 is 1. The maximum absolute atomic E-state index is 14.7. The van der Waals surface area contributed by atoms with Gasteiger partial charge in [0.1, 0.15) is 11.3 Å². The Bertz CT molecular complexity index is 1270. The zero-order valence-corrected chi connectivity index (χ0v) is 35.1. The lowest BCUT2D eigenvalue weighted by Gasteiger charge is -2.22. The maximum atomic E-state index is 14.7. The summed E-state index contributed by atoms with van der Waals surface area (Å²) in [7, 11) is 1.63. The van der Waals surface area contributed by atoms with E-state index in [0.29, 0.717) is 91.0 Å². The van der Waals surface area contributed by atoms with Gasteiger partial charge < -0.3 is 33.2 Å². The molecule has 54 heavy (non-hydrogen) atoms. The lowest BCUT2D eigenvalue weighted by Crippen LogP contribution is -2.12. The van der Waals surface area contributed by atoms with E-state index in [9.17, 15) is 4.79 Å². The van der Waals surface area contributed by atoms with Crippen LogP contribution in [0.5, 0.6) is 40.2 Å². The van der Waals surface area contributed by atoms with Crippen LogP contribution in [0, 0.1) is 0 Å². The summed E-state index contributed by atoms with van der Waals surface area (Å²) in [6, 6.07) is 5.66. The van der Waals surface area contributed by atoms with Crippen molar-refractivity contribution in [2.45, 2.75) is 157 Å². The van der Waals surface area contributed by atoms with Crippen LogP contribution in [-0.4, -0.2) is 52.5 Å². The quantitative estimate of drug-likeness (QED) is 0.0397. The Kier molecular flexibility index (Phi) is 25.7. The normalized spacial score (nSPS) is 11.2. The first-order chi connectivity index (χ1) is 26.5. The molecule has 0 fully saturated rings. The summed E-state index contributed by atoms with van der Waals surface area (Å²) in [5.74, 6) is 3.38. The third-order valence-corrected chi connectivity index (χ3v) is 9.11. The van der Waals surface area contributed by atoms with E-state index in [-0.39, 0.29) is 5.78 Å². The van der Waals surface area contributed by atoms with E-state index in [0.717, 1.165) is 116 Å². The average molecular weight is 755 g/mol. The first-order valence-corrected chi connectivity index (χ1v) is 21.4. The van der Waals surface area contributed by atoms with E-state index in [1.807, 2.05) is 18.2 Å². The number of ether oxygens (including phenoxy) is 7. The molecule has 2 rings (SSSR count). The molecule has 0 aromatic heterocycles. The summed E-state index contributed by atoms with van der Waals surface area (Å²) in [4.78, 5) is 14.7. The van der Waals surface area contributed by atoms with Crippen LogP contribution >= 0.6 is 0 Å². The van der Waals surface area contributed by atoms with Crippen LogP contribution < -0.4 is 33.2 Å². The van der Waals surface area contributed by atoms with Crippen molar-refractivity contribution in [3.63, 3.8) is 0 Å². The molecule has 2 aromatic rings. The molecule has 0 aliphatic rings. The van der Waals surface area contributed by atoms with E-state index in [4.69, 9.17) is 33.2 Å².